The largest absolute Gasteiger partial charge is 0.473 e. The van der Waals surface area contributed by atoms with Gasteiger partial charge < -0.3 is 14.7 Å². The molecule has 4 heteroatoms. The van der Waals surface area contributed by atoms with Gasteiger partial charge in [0.15, 0.2) is 0 Å². The predicted octanol–water partition coefficient (Wildman–Crippen LogP) is 0.846. The van der Waals surface area contributed by atoms with Gasteiger partial charge in [-0.1, -0.05) is 5.16 Å². The van der Waals surface area contributed by atoms with Crippen molar-refractivity contribution >= 4 is 5.90 Å². The monoisotopic (exact) mass is 147 g/mol. The molecule has 0 aliphatic carbocycles. The highest BCUT2D eigenvalue weighted by molar-refractivity contribution is 5.72. The van der Waals surface area contributed by atoms with Crippen LogP contribution in [0.4, 0.5) is 0 Å². The van der Waals surface area contributed by atoms with Crippen molar-refractivity contribution in [3.8, 4) is 0 Å². The van der Waals surface area contributed by atoms with Crippen LogP contribution in [0.15, 0.2) is 5.16 Å². The van der Waals surface area contributed by atoms with Gasteiger partial charge in [-0.3, -0.25) is 0 Å². The van der Waals surface area contributed by atoms with Crippen molar-refractivity contribution in [1.82, 2.24) is 0 Å². The molecule has 0 aliphatic rings. The first-order valence-corrected chi connectivity index (χ1v) is 3.05. The summed E-state index contributed by atoms with van der Waals surface area (Å²) in [7, 11) is 1.59. The molecule has 1 atom stereocenters. The maximum atomic E-state index is 8.17. The molecule has 10 heavy (non-hydrogen) atoms. The molecule has 1 unspecified atom stereocenters. The van der Waals surface area contributed by atoms with E-state index in [1.807, 2.05) is 6.92 Å². The second kappa shape index (κ2) is 5.05. The predicted molar refractivity (Wildman–Crippen MR) is 37.3 cm³/mol. The van der Waals surface area contributed by atoms with Crippen LogP contribution in [-0.2, 0) is 9.47 Å². The summed E-state index contributed by atoms with van der Waals surface area (Å²) in [5.41, 5.74) is 0. The Morgan fingerprint density at radius 1 is 1.70 bits per heavy atom. The molecule has 0 aromatic rings. The lowest BCUT2D eigenvalue weighted by Gasteiger charge is -2.10. The molecule has 0 saturated heterocycles. The van der Waals surface area contributed by atoms with E-state index in [0.717, 1.165) is 0 Å². The number of ether oxygens (including phenoxy) is 2. The Morgan fingerprint density at radius 3 is 2.70 bits per heavy atom. The third-order valence-electron chi connectivity index (χ3n) is 0.914. The molecule has 1 N–H and O–H groups in total. The zero-order chi connectivity index (χ0) is 7.98. The van der Waals surface area contributed by atoms with Crippen molar-refractivity contribution in [3.63, 3.8) is 0 Å². The maximum Gasteiger partial charge on any atom is 0.222 e. The Kier molecular flexibility index (Phi) is 4.66. The standard InChI is InChI=1S/C6H13NO3/c1-5(4-9-3)10-6(2)7-8/h5,8H,4H2,1-3H3. The summed E-state index contributed by atoms with van der Waals surface area (Å²) in [6, 6.07) is 0. The second-order valence-corrected chi connectivity index (χ2v) is 2.00. The molecule has 0 bridgehead atoms. The van der Waals surface area contributed by atoms with E-state index < -0.39 is 0 Å². The highest BCUT2D eigenvalue weighted by Crippen LogP contribution is 1.92. The minimum atomic E-state index is -0.0686. The molecule has 0 saturated carbocycles. The van der Waals surface area contributed by atoms with Crippen LogP contribution in [0.25, 0.3) is 0 Å². The van der Waals surface area contributed by atoms with Crippen LogP contribution in [-0.4, -0.2) is 30.9 Å². The number of oxime groups is 1. The summed E-state index contributed by atoms with van der Waals surface area (Å²) >= 11 is 0. The number of rotatable bonds is 3. The Morgan fingerprint density at radius 2 is 2.30 bits per heavy atom. The lowest BCUT2D eigenvalue weighted by atomic mass is 10.4. The van der Waals surface area contributed by atoms with Crippen molar-refractivity contribution in [2.24, 2.45) is 5.16 Å². The topological polar surface area (TPSA) is 51.0 Å². The molecule has 0 spiro atoms. The van der Waals surface area contributed by atoms with Crippen LogP contribution in [0.1, 0.15) is 13.8 Å². The molecule has 0 aromatic heterocycles. The van der Waals surface area contributed by atoms with E-state index in [0.29, 0.717) is 6.61 Å². The summed E-state index contributed by atoms with van der Waals surface area (Å²) in [6.45, 7) is 3.90. The van der Waals surface area contributed by atoms with E-state index in [1.54, 1.807) is 14.0 Å². The summed E-state index contributed by atoms with van der Waals surface area (Å²) in [5, 5.41) is 11.0. The average Bonchev–Trinajstić information content (AvgIpc) is 1.88. The molecule has 0 rings (SSSR count). The molecule has 0 aromatic carbocycles. The van der Waals surface area contributed by atoms with Crippen LogP contribution >= 0.6 is 0 Å². The van der Waals surface area contributed by atoms with Gasteiger partial charge in [0.1, 0.15) is 6.10 Å². The first-order valence-electron chi connectivity index (χ1n) is 3.05. The molecule has 0 radical (unpaired) electrons. The van der Waals surface area contributed by atoms with Crippen LogP contribution in [0.5, 0.6) is 0 Å². The Bertz CT molecular complexity index is 114. The van der Waals surface area contributed by atoms with Crippen LogP contribution in [0, 0.1) is 0 Å². The van der Waals surface area contributed by atoms with Crippen LogP contribution in [0.2, 0.25) is 0 Å². The van der Waals surface area contributed by atoms with Crippen LogP contribution in [0.3, 0.4) is 0 Å². The summed E-state index contributed by atoms with van der Waals surface area (Å²) in [6.07, 6.45) is -0.0686. The molecule has 60 valence electrons. The minimum Gasteiger partial charge on any atom is -0.473 e. The molecular formula is C6H13NO3. The number of hydrogen-bond acceptors (Lipinski definition) is 4. The summed E-state index contributed by atoms with van der Waals surface area (Å²) < 4.78 is 9.80. The Balaban J connectivity index is 3.47. The van der Waals surface area contributed by atoms with Crippen LogP contribution < -0.4 is 0 Å². The Labute approximate surface area is 60.4 Å². The van der Waals surface area contributed by atoms with Gasteiger partial charge in [-0.05, 0) is 6.92 Å². The highest BCUT2D eigenvalue weighted by Gasteiger charge is 2.01. The van der Waals surface area contributed by atoms with E-state index >= 15 is 0 Å². The van der Waals surface area contributed by atoms with Crippen molar-refractivity contribution in [1.29, 1.82) is 0 Å². The van der Waals surface area contributed by atoms with Gasteiger partial charge in [-0.25, -0.2) is 0 Å². The quantitative estimate of drug-likeness (QED) is 0.278. The van der Waals surface area contributed by atoms with Crippen molar-refractivity contribution in [2.45, 2.75) is 20.0 Å². The van der Waals surface area contributed by atoms with Gasteiger partial charge in [0.05, 0.1) is 6.61 Å². The van der Waals surface area contributed by atoms with Gasteiger partial charge in [0.2, 0.25) is 5.90 Å². The summed E-state index contributed by atoms with van der Waals surface area (Å²) in [4.78, 5) is 0. The van der Waals surface area contributed by atoms with E-state index in [2.05, 4.69) is 5.16 Å². The van der Waals surface area contributed by atoms with Gasteiger partial charge in [0, 0.05) is 14.0 Å². The lowest BCUT2D eigenvalue weighted by Crippen LogP contribution is -2.17. The molecule has 0 amide bonds. The SMILES string of the molecule is COCC(C)OC(C)=NO. The number of methoxy groups -OCH3 is 1. The molecule has 0 fully saturated rings. The van der Waals surface area contributed by atoms with Gasteiger partial charge >= 0.3 is 0 Å². The first-order chi connectivity index (χ1) is 4.70. The minimum absolute atomic E-state index is 0.0686. The maximum absolute atomic E-state index is 8.17. The van der Waals surface area contributed by atoms with Gasteiger partial charge in [0.25, 0.3) is 0 Å². The number of hydrogen-bond donors (Lipinski definition) is 1. The van der Waals surface area contributed by atoms with Gasteiger partial charge in [-0.15, -0.1) is 0 Å². The Hall–Kier alpha value is -0.770. The fourth-order valence-electron chi connectivity index (χ4n) is 0.583. The number of nitrogens with zero attached hydrogens (tertiary/aromatic N) is 1. The fraction of sp³-hybridized carbons (Fsp3) is 0.833. The van der Waals surface area contributed by atoms with E-state index in [-0.39, 0.29) is 12.0 Å². The molecule has 0 aliphatic heterocycles. The normalized spacial score (nSPS) is 14.9. The lowest BCUT2D eigenvalue weighted by molar-refractivity contribution is 0.0801. The van der Waals surface area contributed by atoms with Crippen molar-refractivity contribution < 1.29 is 14.7 Å². The fourth-order valence-corrected chi connectivity index (χ4v) is 0.583. The smallest absolute Gasteiger partial charge is 0.222 e. The third-order valence-corrected chi connectivity index (χ3v) is 0.914. The first kappa shape index (κ1) is 9.23. The molecule has 0 heterocycles. The van der Waals surface area contributed by atoms with E-state index in [4.69, 9.17) is 14.7 Å². The second-order valence-electron chi connectivity index (χ2n) is 2.00. The van der Waals surface area contributed by atoms with Crippen molar-refractivity contribution in [3.05, 3.63) is 0 Å². The third kappa shape index (κ3) is 4.14. The average molecular weight is 147 g/mol. The van der Waals surface area contributed by atoms with Crippen molar-refractivity contribution in [2.75, 3.05) is 13.7 Å². The summed E-state index contributed by atoms with van der Waals surface area (Å²) in [5.74, 6) is 0.254. The van der Waals surface area contributed by atoms with Gasteiger partial charge in [-0.2, -0.15) is 0 Å². The molecular weight excluding hydrogens is 134 g/mol. The highest BCUT2D eigenvalue weighted by atomic mass is 16.6. The zero-order valence-electron chi connectivity index (χ0n) is 6.50. The van der Waals surface area contributed by atoms with E-state index in [1.165, 1.54) is 0 Å². The van der Waals surface area contributed by atoms with E-state index in [9.17, 15) is 0 Å². The molecule has 4 nitrogen and oxygen atoms in total. The zero-order valence-corrected chi connectivity index (χ0v) is 6.50.